The van der Waals surface area contributed by atoms with Crippen LogP contribution in [0.5, 0.6) is 0 Å². The lowest BCUT2D eigenvalue weighted by molar-refractivity contribution is -0.120. The third kappa shape index (κ3) is 2.83. The van der Waals surface area contributed by atoms with Crippen LogP contribution in [0.2, 0.25) is 0 Å². The predicted octanol–water partition coefficient (Wildman–Crippen LogP) is 1.82. The van der Waals surface area contributed by atoms with E-state index in [4.69, 9.17) is 0 Å². The highest BCUT2D eigenvalue weighted by Crippen LogP contribution is 2.12. The predicted molar refractivity (Wildman–Crippen MR) is 75.9 cm³/mol. The summed E-state index contributed by atoms with van der Waals surface area (Å²) in [5.41, 5.74) is 3.81. The first-order chi connectivity index (χ1) is 9.81. The van der Waals surface area contributed by atoms with Gasteiger partial charge in [0.25, 0.3) is 0 Å². The number of carbonyl (C=O) groups excluding carboxylic acids is 1. The number of aromatic amines is 1. The molecule has 2 heterocycles. The van der Waals surface area contributed by atoms with Crippen LogP contribution < -0.4 is 5.32 Å². The van der Waals surface area contributed by atoms with E-state index >= 15 is 0 Å². The molecule has 2 aromatic heterocycles. The largest absolute Gasteiger partial charge is 0.352 e. The first-order valence-electron chi connectivity index (χ1n) is 6.39. The highest BCUT2D eigenvalue weighted by molar-refractivity contribution is 5.81. The Kier molecular flexibility index (Phi) is 3.41. The zero-order chi connectivity index (χ0) is 13.8. The average molecular weight is 266 g/mol. The van der Waals surface area contributed by atoms with Gasteiger partial charge in [-0.3, -0.25) is 9.78 Å². The molecular formula is C15H14N4O. The number of hydrogen-bond acceptors (Lipinski definition) is 3. The minimum Gasteiger partial charge on any atom is -0.352 e. The molecule has 0 saturated heterocycles. The highest BCUT2D eigenvalue weighted by Gasteiger charge is 2.05. The number of hydrogen-bond donors (Lipinski definition) is 2. The van der Waals surface area contributed by atoms with Crippen molar-refractivity contribution in [2.45, 2.75) is 13.0 Å². The van der Waals surface area contributed by atoms with Crippen molar-refractivity contribution in [1.29, 1.82) is 0 Å². The smallest absolute Gasteiger partial charge is 0.224 e. The van der Waals surface area contributed by atoms with Crippen molar-refractivity contribution < 1.29 is 4.79 Å². The summed E-state index contributed by atoms with van der Waals surface area (Å²) in [6.45, 7) is 0.499. The molecule has 5 nitrogen and oxygen atoms in total. The van der Waals surface area contributed by atoms with Gasteiger partial charge < -0.3 is 10.3 Å². The van der Waals surface area contributed by atoms with Crippen LogP contribution in [0.25, 0.3) is 11.0 Å². The molecule has 2 N–H and O–H groups in total. The van der Waals surface area contributed by atoms with Crippen LogP contribution in [0.4, 0.5) is 0 Å². The van der Waals surface area contributed by atoms with Crippen molar-refractivity contribution in [2.75, 3.05) is 0 Å². The number of nitrogens with zero attached hydrogens (tertiary/aromatic N) is 2. The summed E-state index contributed by atoms with van der Waals surface area (Å²) in [7, 11) is 0. The van der Waals surface area contributed by atoms with E-state index in [1.54, 1.807) is 18.7 Å². The molecule has 0 fully saturated rings. The van der Waals surface area contributed by atoms with Gasteiger partial charge in [0.1, 0.15) is 0 Å². The van der Waals surface area contributed by atoms with Gasteiger partial charge in [0.05, 0.1) is 23.8 Å². The molecule has 0 aliphatic rings. The number of rotatable bonds is 4. The standard InChI is InChI=1S/C15H14N4O/c20-15(17-9-12-2-1-5-16-8-12)7-11-3-4-13-14(6-11)19-10-18-13/h1-6,8,10H,7,9H2,(H,17,20)(H,18,19). The second-order valence-corrected chi connectivity index (χ2v) is 4.57. The molecule has 0 radical (unpaired) electrons. The van der Waals surface area contributed by atoms with Crippen LogP contribution in [-0.2, 0) is 17.8 Å². The zero-order valence-corrected chi connectivity index (χ0v) is 10.8. The molecule has 1 amide bonds. The van der Waals surface area contributed by atoms with Crippen LogP contribution in [0.15, 0.2) is 49.1 Å². The number of H-pyrrole nitrogens is 1. The van der Waals surface area contributed by atoms with Gasteiger partial charge in [0, 0.05) is 18.9 Å². The summed E-state index contributed by atoms with van der Waals surface area (Å²) in [5, 5.41) is 2.88. The molecule has 100 valence electrons. The van der Waals surface area contributed by atoms with Gasteiger partial charge in [0.15, 0.2) is 0 Å². The lowest BCUT2D eigenvalue weighted by atomic mass is 10.1. The van der Waals surface area contributed by atoms with Crippen LogP contribution >= 0.6 is 0 Å². The normalized spacial score (nSPS) is 10.6. The summed E-state index contributed by atoms with van der Waals surface area (Å²) in [6, 6.07) is 9.58. The van der Waals surface area contributed by atoms with E-state index in [0.717, 1.165) is 22.2 Å². The quantitative estimate of drug-likeness (QED) is 0.756. The maximum absolute atomic E-state index is 11.9. The van der Waals surface area contributed by atoms with Gasteiger partial charge in [-0.2, -0.15) is 0 Å². The topological polar surface area (TPSA) is 70.7 Å². The SMILES string of the molecule is O=C(Cc1ccc2nc[nH]c2c1)NCc1cccnc1. The van der Waals surface area contributed by atoms with Crippen LogP contribution in [-0.4, -0.2) is 20.9 Å². The monoisotopic (exact) mass is 266 g/mol. The molecule has 0 spiro atoms. The lowest BCUT2D eigenvalue weighted by Crippen LogP contribution is -2.24. The third-order valence-electron chi connectivity index (χ3n) is 3.06. The van der Waals surface area contributed by atoms with Crippen molar-refractivity contribution in [2.24, 2.45) is 0 Å². The Bertz CT molecular complexity index is 721. The molecule has 1 aromatic carbocycles. The number of pyridine rings is 1. The van der Waals surface area contributed by atoms with Crippen LogP contribution in [0, 0.1) is 0 Å². The number of amides is 1. The Morgan fingerprint density at radius 3 is 3.05 bits per heavy atom. The van der Waals surface area contributed by atoms with Gasteiger partial charge in [-0.05, 0) is 29.3 Å². The molecule has 20 heavy (non-hydrogen) atoms. The Labute approximate surface area is 116 Å². The minimum atomic E-state index is -0.00674. The highest BCUT2D eigenvalue weighted by atomic mass is 16.1. The van der Waals surface area contributed by atoms with Gasteiger partial charge in [-0.25, -0.2) is 4.98 Å². The number of fused-ring (bicyclic) bond motifs is 1. The maximum atomic E-state index is 11.9. The lowest BCUT2D eigenvalue weighted by Gasteiger charge is -2.05. The first-order valence-corrected chi connectivity index (χ1v) is 6.39. The summed E-state index contributed by atoms with van der Waals surface area (Å²) in [4.78, 5) is 23.1. The van der Waals surface area contributed by atoms with Crippen molar-refractivity contribution in [3.05, 3.63) is 60.2 Å². The van der Waals surface area contributed by atoms with Crippen molar-refractivity contribution in [3.8, 4) is 0 Å². The number of aromatic nitrogens is 3. The van der Waals surface area contributed by atoms with E-state index < -0.39 is 0 Å². The fourth-order valence-corrected chi connectivity index (χ4v) is 2.04. The number of nitrogens with one attached hydrogen (secondary N) is 2. The fraction of sp³-hybridized carbons (Fsp3) is 0.133. The molecule has 5 heteroatoms. The van der Waals surface area contributed by atoms with E-state index in [0.29, 0.717) is 13.0 Å². The Morgan fingerprint density at radius 1 is 1.25 bits per heavy atom. The molecule has 3 aromatic rings. The maximum Gasteiger partial charge on any atom is 0.224 e. The van der Waals surface area contributed by atoms with Crippen molar-refractivity contribution in [3.63, 3.8) is 0 Å². The molecule has 3 rings (SSSR count). The molecule has 0 bridgehead atoms. The number of carbonyl (C=O) groups is 1. The summed E-state index contributed by atoms with van der Waals surface area (Å²) < 4.78 is 0. The molecular weight excluding hydrogens is 252 g/mol. The first kappa shape index (κ1) is 12.3. The van der Waals surface area contributed by atoms with E-state index in [1.165, 1.54) is 0 Å². The second-order valence-electron chi connectivity index (χ2n) is 4.57. The molecule has 0 saturated carbocycles. The van der Waals surface area contributed by atoms with Crippen LogP contribution in [0.3, 0.4) is 0 Å². The summed E-state index contributed by atoms with van der Waals surface area (Å²) in [6.07, 6.45) is 5.47. The molecule has 0 atom stereocenters. The third-order valence-corrected chi connectivity index (χ3v) is 3.06. The van der Waals surface area contributed by atoms with Crippen LogP contribution in [0.1, 0.15) is 11.1 Å². The second kappa shape index (κ2) is 5.52. The molecule has 0 aliphatic carbocycles. The van der Waals surface area contributed by atoms with E-state index in [2.05, 4.69) is 20.3 Å². The fourth-order valence-electron chi connectivity index (χ4n) is 2.04. The molecule has 0 aliphatic heterocycles. The van der Waals surface area contributed by atoms with E-state index in [-0.39, 0.29) is 5.91 Å². The number of imidazole rings is 1. The molecule has 0 unspecified atom stereocenters. The van der Waals surface area contributed by atoms with Gasteiger partial charge >= 0.3 is 0 Å². The van der Waals surface area contributed by atoms with Crippen molar-refractivity contribution >= 4 is 16.9 Å². The van der Waals surface area contributed by atoms with E-state index in [9.17, 15) is 4.79 Å². The van der Waals surface area contributed by atoms with E-state index in [1.807, 2.05) is 30.3 Å². The zero-order valence-electron chi connectivity index (χ0n) is 10.8. The van der Waals surface area contributed by atoms with Gasteiger partial charge in [-0.1, -0.05) is 12.1 Å². The Morgan fingerprint density at radius 2 is 2.20 bits per heavy atom. The minimum absolute atomic E-state index is 0.00674. The van der Waals surface area contributed by atoms with Gasteiger partial charge in [0.2, 0.25) is 5.91 Å². The average Bonchev–Trinajstić information content (AvgIpc) is 2.94. The Hall–Kier alpha value is -2.69. The Balaban J connectivity index is 1.61. The summed E-state index contributed by atoms with van der Waals surface area (Å²) in [5.74, 6) is -0.00674. The summed E-state index contributed by atoms with van der Waals surface area (Å²) >= 11 is 0. The van der Waals surface area contributed by atoms with Crippen molar-refractivity contribution in [1.82, 2.24) is 20.3 Å². The van der Waals surface area contributed by atoms with Gasteiger partial charge in [-0.15, -0.1) is 0 Å². The number of benzene rings is 1.